The fourth-order valence-electron chi connectivity index (χ4n) is 3.02. The van der Waals surface area contributed by atoms with Crippen molar-refractivity contribution in [2.24, 2.45) is 0 Å². The van der Waals surface area contributed by atoms with Gasteiger partial charge in [-0.25, -0.2) is 13.2 Å². The number of nitrogens with zero attached hydrogens (tertiary/aromatic N) is 1. The Labute approximate surface area is 178 Å². The Hall–Kier alpha value is -3.12. The molecule has 0 aliphatic rings. The molecule has 0 spiro atoms. The van der Waals surface area contributed by atoms with E-state index in [1.54, 1.807) is 24.3 Å². The van der Waals surface area contributed by atoms with Crippen molar-refractivity contribution < 1.29 is 17.9 Å². The van der Waals surface area contributed by atoms with Crippen molar-refractivity contribution in [3.05, 3.63) is 94.5 Å². The van der Waals surface area contributed by atoms with Gasteiger partial charge >= 0.3 is 5.97 Å². The van der Waals surface area contributed by atoms with Crippen molar-refractivity contribution in [3.8, 4) is 0 Å². The Kier molecular flexibility index (Phi) is 6.27. The average Bonchev–Trinajstić information content (AvgIpc) is 2.74. The highest BCUT2D eigenvalue weighted by atomic mass is 32.2. The predicted octanol–water partition coefficient (Wildman–Crippen LogP) is 4.79. The van der Waals surface area contributed by atoms with Crippen LogP contribution in [-0.4, -0.2) is 21.4 Å². The minimum absolute atomic E-state index is 0.0340. The zero-order valence-electron chi connectivity index (χ0n) is 17.5. The number of aryl methyl sites for hydroxylation is 3. The van der Waals surface area contributed by atoms with E-state index in [0.29, 0.717) is 5.69 Å². The van der Waals surface area contributed by atoms with E-state index in [9.17, 15) is 13.2 Å². The number of rotatable bonds is 6. The van der Waals surface area contributed by atoms with Crippen molar-refractivity contribution in [1.82, 2.24) is 0 Å². The van der Waals surface area contributed by atoms with Crippen LogP contribution in [-0.2, 0) is 21.4 Å². The maximum atomic E-state index is 13.0. The number of benzene rings is 3. The second kappa shape index (κ2) is 8.71. The lowest BCUT2D eigenvalue weighted by Gasteiger charge is -2.20. The zero-order valence-corrected chi connectivity index (χ0v) is 18.4. The van der Waals surface area contributed by atoms with E-state index in [0.717, 1.165) is 22.3 Å². The second-order valence-corrected chi connectivity index (χ2v) is 9.31. The number of carbonyl (C=O) groups excluding carboxylic acids is 1. The first-order chi connectivity index (χ1) is 14.2. The van der Waals surface area contributed by atoms with Crippen molar-refractivity contribution in [2.45, 2.75) is 32.3 Å². The molecule has 3 aromatic rings. The first-order valence-electron chi connectivity index (χ1n) is 9.57. The van der Waals surface area contributed by atoms with Crippen LogP contribution in [0.1, 0.15) is 32.6 Å². The summed E-state index contributed by atoms with van der Waals surface area (Å²) in [5.74, 6) is -0.564. The minimum atomic E-state index is -3.81. The fraction of sp³-hybridized carbons (Fsp3) is 0.208. The lowest BCUT2D eigenvalue weighted by molar-refractivity contribution is 0.0471. The summed E-state index contributed by atoms with van der Waals surface area (Å²) in [6.45, 7) is 6.00. The van der Waals surface area contributed by atoms with Gasteiger partial charge in [0.1, 0.15) is 6.61 Å². The number of sulfonamides is 1. The van der Waals surface area contributed by atoms with Crippen LogP contribution in [0.4, 0.5) is 5.69 Å². The SMILES string of the molecule is Cc1ccc(N(C)S(=O)(=O)c2cccc(C(=O)OCc3cc(C)ccc3C)c2)cc1. The highest BCUT2D eigenvalue weighted by Gasteiger charge is 2.22. The molecule has 0 N–H and O–H groups in total. The normalized spacial score (nSPS) is 11.2. The van der Waals surface area contributed by atoms with Gasteiger partial charge < -0.3 is 4.74 Å². The number of hydrogen-bond acceptors (Lipinski definition) is 4. The van der Waals surface area contributed by atoms with Gasteiger partial charge in [-0.15, -0.1) is 0 Å². The first-order valence-corrected chi connectivity index (χ1v) is 11.0. The van der Waals surface area contributed by atoms with E-state index >= 15 is 0 Å². The molecule has 30 heavy (non-hydrogen) atoms. The number of esters is 1. The maximum Gasteiger partial charge on any atom is 0.338 e. The molecule has 0 aliphatic heterocycles. The summed E-state index contributed by atoms with van der Waals surface area (Å²) in [6.07, 6.45) is 0. The molecule has 5 nitrogen and oxygen atoms in total. The molecule has 0 saturated heterocycles. The van der Waals surface area contributed by atoms with Crippen LogP contribution in [0.5, 0.6) is 0 Å². The topological polar surface area (TPSA) is 63.7 Å². The number of anilines is 1. The Bertz CT molecular complexity index is 1170. The predicted molar refractivity (Wildman–Crippen MR) is 118 cm³/mol. The van der Waals surface area contributed by atoms with E-state index < -0.39 is 16.0 Å². The summed E-state index contributed by atoms with van der Waals surface area (Å²) >= 11 is 0. The van der Waals surface area contributed by atoms with Crippen molar-refractivity contribution in [3.63, 3.8) is 0 Å². The van der Waals surface area contributed by atoms with Crippen LogP contribution in [0, 0.1) is 20.8 Å². The van der Waals surface area contributed by atoms with Crippen LogP contribution in [0.2, 0.25) is 0 Å². The van der Waals surface area contributed by atoms with Crippen molar-refractivity contribution in [2.75, 3.05) is 11.4 Å². The summed E-state index contributed by atoms with van der Waals surface area (Å²) in [6, 6.07) is 19.1. The van der Waals surface area contributed by atoms with Crippen LogP contribution in [0.25, 0.3) is 0 Å². The summed E-state index contributed by atoms with van der Waals surface area (Å²) < 4.78 is 32.7. The van der Waals surface area contributed by atoms with Gasteiger partial charge in [-0.05, 0) is 62.2 Å². The van der Waals surface area contributed by atoms with Gasteiger partial charge in [0.2, 0.25) is 0 Å². The zero-order chi connectivity index (χ0) is 21.9. The molecule has 0 heterocycles. The molecule has 0 atom stereocenters. The van der Waals surface area contributed by atoms with E-state index in [2.05, 4.69) is 0 Å². The lowest BCUT2D eigenvalue weighted by Crippen LogP contribution is -2.26. The van der Waals surface area contributed by atoms with Gasteiger partial charge in [0.15, 0.2) is 0 Å². The molecule has 0 unspecified atom stereocenters. The van der Waals surface area contributed by atoms with Crippen LogP contribution < -0.4 is 4.31 Å². The Morgan fingerprint density at radius 2 is 1.57 bits per heavy atom. The highest BCUT2D eigenvalue weighted by molar-refractivity contribution is 7.92. The summed E-state index contributed by atoms with van der Waals surface area (Å²) in [5, 5.41) is 0. The van der Waals surface area contributed by atoms with Crippen LogP contribution >= 0.6 is 0 Å². The molecule has 156 valence electrons. The van der Waals surface area contributed by atoms with Crippen molar-refractivity contribution >= 4 is 21.7 Å². The number of carbonyl (C=O) groups is 1. The molecular formula is C24H25NO4S. The Morgan fingerprint density at radius 1 is 0.900 bits per heavy atom. The maximum absolute atomic E-state index is 13.0. The molecule has 0 fully saturated rings. The molecule has 0 aliphatic carbocycles. The van der Waals surface area contributed by atoms with E-state index in [1.807, 2.05) is 51.1 Å². The van der Waals surface area contributed by atoms with E-state index in [4.69, 9.17) is 4.74 Å². The summed E-state index contributed by atoms with van der Waals surface area (Å²) in [5.41, 5.74) is 4.81. The molecule has 0 bridgehead atoms. The van der Waals surface area contributed by atoms with E-state index in [-0.39, 0.29) is 17.1 Å². The fourth-order valence-corrected chi connectivity index (χ4v) is 4.26. The third-order valence-corrected chi connectivity index (χ3v) is 6.77. The highest BCUT2D eigenvalue weighted by Crippen LogP contribution is 2.23. The van der Waals surface area contributed by atoms with Gasteiger partial charge in [-0.1, -0.05) is 47.5 Å². The Balaban J connectivity index is 1.80. The minimum Gasteiger partial charge on any atom is -0.457 e. The van der Waals surface area contributed by atoms with Crippen molar-refractivity contribution in [1.29, 1.82) is 0 Å². The number of ether oxygens (including phenoxy) is 1. The molecule has 0 radical (unpaired) electrons. The van der Waals surface area contributed by atoms with Gasteiger partial charge in [-0.2, -0.15) is 0 Å². The first kappa shape index (κ1) is 21.6. The van der Waals surface area contributed by atoms with Gasteiger partial charge in [-0.3, -0.25) is 4.31 Å². The molecule has 0 aromatic heterocycles. The third kappa shape index (κ3) is 4.71. The summed E-state index contributed by atoms with van der Waals surface area (Å²) in [7, 11) is -2.32. The average molecular weight is 424 g/mol. The molecule has 0 amide bonds. The van der Waals surface area contributed by atoms with Gasteiger partial charge in [0.05, 0.1) is 16.1 Å². The molecular weight excluding hydrogens is 398 g/mol. The standard InChI is InChI=1S/C24H25NO4S/c1-17-9-12-22(13-10-17)25(4)30(27,28)23-7-5-6-20(15-23)24(26)29-16-21-14-18(2)8-11-19(21)3/h5-15H,16H2,1-4H3. The summed E-state index contributed by atoms with van der Waals surface area (Å²) in [4.78, 5) is 12.6. The van der Waals surface area contributed by atoms with Crippen LogP contribution in [0.3, 0.4) is 0 Å². The van der Waals surface area contributed by atoms with Gasteiger partial charge in [0.25, 0.3) is 10.0 Å². The smallest absolute Gasteiger partial charge is 0.338 e. The third-order valence-electron chi connectivity index (χ3n) is 4.99. The molecule has 3 rings (SSSR count). The molecule has 3 aromatic carbocycles. The number of hydrogen-bond donors (Lipinski definition) is 0. The van der Waals surface area contributed by atoms with Crippen LogP contribution in [0.15, 0.2) is 71.6 Å². The second-order valence-electron chi connectivity index (χ2n) is 7.34. The quantitative estimate of drug-likeness (QED) is 0.535. The largest absolute Gasteiger partial charge is 0.457 e. The lowest BCUT2D eigenvalue weighted by atomic mass is 10.1. The monoisotopic (exact) mass is 423 g/mol. The molecule has 6 heteroatoms. The van der Waals surface area contributed by atoms with Gasteiger partial charge in [0, 0.05) is 7.05 Å². The van der Waals surface area contributed by atoms with E-state index in [1.165, 1.54) is 23.5 Å². The molecule has 0 saturated carbocycles. The Morgan fingerprint density at radius 3 is 2.27 bits per heavy atom.